The van der Waals surface area contributed by atoms with E-state index >= 15 is 0 Å². The molecular weight excluding hydrogens is 576 g/mol. The van der Waals surface area contributed by atoms with Gasteiger partial charge < -0.3 is 34.5 Å². The second kappa shape index (κ2) is 16.2. The van der Waals surface area contributed by atoms with Crippen molar-refractivity contribution in [1.29, 1.82) is 0 Å². The first-order valence-electron chi connectivity index (χ1n) is 14.8. The SMILES string of the molecule is CC(C)(C)C(=O)OCc1ccc(OC2CC(O)CC(C(=O)O)O2)cc1OCCCNC(=O)CCCCCN1C(=O)C=CC1=O. The van der Waals surface area contributed by atoms with E-state index in [-0.39, 0.29) is 49.7 Å². The molecule has 242 valence electrons. The number of amides is 3. The number of esters is 1. The molecule has 13 nitrogen and oxygen atoms in total. The van der Waals surface area contributed by atoms with Crippen LogP contribution < -0.4 is 14.8 Å². The van der Waals surface area contributed by atoms with Crippen LogP contribution in [0.1, 0.15) is 71.3 Å². The van der Waals surface area contributed by atoms with E-state index in [0.29, 0.717) is 62.3 Å². The Labute approximate surface area is 256 Å². The number of hydrogen-bond donors (Lipinski definition) is 3. The molecule has 3 amide bonds. The number of benzene rings is 1. The summed E-state index contributed by atoms with van der Waals surface area (Å²) in [5, 5.41) is 22.2. The number of aliphatic hydroxyl groups excluding tert-OH is 1. The van der Waals surface area contributed by atoms with Crippen molar-refractivity contribution in [2.75, 3.05) is 19.7 Å². The fraction of sp³-hybridized carbons (Fsp3) is 0.581. The quantitative estimate of drug-likeness (QED) is 0.141. The lowest BCUT2D eigenvalue weighted by Gasteiger charge is -2.31. The zero-order chi connectivity index (χ0) is 32.3. The van der Waals surface area contributed by atoms with Crippen LogP contribution in [0.15, 0.2) is 30.4 Å². The highest BCUT2D eigenvalue weighted by molar-refractivity contribution is 6.12. The number of nitrogens with zero attached hydrogens (tertiary/aromatic N) is 1. The molecule has 2 aliphatic rings. The maximum absolute atomic E-state index is 12.3. The lowest BCUT2D eigenvalue weighted by Crippen LogP contribution is -2.42. The van der Waals surface area contributed by atoms with E-state index in [4.69, 9.17) is 18.9 Å². The number of unbranched alkanes of at least 4 members (excludes halogenated alkanes) is 2. The van der Waals surface area contributed by atoms with Gasteiger partial charge in [0.25, 0.3) is 11.8 Å². The van der Waals surface area contributed by atoms with E-state index < -0.39 is 29.9 Å². The summed E-state index contributed by atoms with van der Waals surface area (Å²) in [5.74, 6) is -1.59. The smallest absolute Gasteiger partial charge is 0.333 e. The number of ether oxygens (including phenoxy) is 4. The number of nitrogens with one attached hydrogen (secondary N) is 1. The Hall–Kier alpha value is -3.97. The molecule has 44 heavy (non-hydrogen) atoms. The van der Waals surface area contributed by atoms with Crippen LogP contribution in [0.4, 0.5) is 0 Å². The third-order valence-electron chi connectivity index (χ3n) is 6.91. The molecule has 1 saturated heterocycles. The molecule has 0 radical (unpaired) electrons. The van der Waals surface area contributed by atoms with E-state index in [1.54, 1.807) is 39.0 Å². The lowest BCUT2D eigenvalue weighted by molar-refractivity contribution is -0.195. The highest BCUT2D eigenvalue weighted by Gasteiger charge is 2.34. The Bertz CT molecular complexity index is 1210. The Kier molecular flexibility index (Phi) is 12.7. The Morgan fingerprint density at radius 2 is 1.77 bits per heavy atom. The minimum absolute atomic E-state index is 0.0286. The average molecular weight is 619 g/mol. The molecule has 2 aliphatic heterocycles. The number of aliphatic hydroxyl groups is 1. The topological polar surface area (TPSA) is 178 Å². The molecule has 0 saturated carbocycles. The minimum Gasteiger partial charge on any atom is -0.493 e. The molecule has 3 atom stereocenters. The fourth-order valence-corrected chi connectivity index (χ4v) is 4.42. The molecule has 1 aromatic carbocycles. The second-order valence-corrected chi connectivity index (χ2v) is 11.8. The van der Waals surface area contributed by atoms with Gasteiger partial charge in [0.2, 0.25) is 12.2 Å². The fourth-order valence-electron chi connectivity index (χ4n) is 4.42. The van der Waals surface area contributed by atoms with Gasteiger partial charge in [-0.3, -0.25) is 24.1 Å². The van der Waals surface area contributed by atoms with E-state index in [2.05, 4.69) is 5.32 Å². The summed E-state index contributed by atoms with van der Waals surface area (Å²) in [4.78, 5) is 60.2. The van der Waals surface area contributed by atoms with Gasteiger partial charge in [0.15, 0.2) is 6.10 Å². The summed E-state index contributed by atoms with van der Waals surface area (Å²) in [6.07, 6.45) is 2.30. The van der Waals surface area contributed by atoms with Gasteiger partial charge in [-0.05, 0) is 52.2 Å². The van der Waals surface area contributed by atoms with Gasteiger partial charge in [0.1, 0.15) is 18.1 Å². The van der Waals surface area contributed by atoms with Gasteiger partial charge in [0.05, 0.1) is 18.1 Å². The number of carboxylic acid groups (broad SMARTS) is 1. The van der Waals surface area contributed by atoms with E-state index in [1.165, 1.54) is 17.1 Å². The maximum atomic E-state index is 12.3. The Morgan fingerprint density at radius 3 is 2.45 bits per heavy atom. The monoisotopic (exact) mass is 618 g/mol. The van der Waals surface area contributed by atoms with Crippen molar-refractivity contribution in [3.05, 3.63) is 35.9 Å². The molecule has 3 N–H and O–H groups in total. The van der Waals surface area contributed by atoms with Crippen LogP contribution in [0.5, 0.6) is 11.5 Å². The van der Waals surface area contributed by atoms with Gasteiger partial charge >= 0.3 is 11.9 Å². The van der Waals surface area contributed by atoms with Gasteiger partial charge in [-0.25, -0.2) is 4.79 Å². The predicted molar refractivity (Wildman–Crippen MR) is 155 cm³/mol. The standard InChI is InChI=1S/C31H42N2O11/c1-31(2,3)30(40)42-19-20-9-10-22(43-28-17-21(34)16-24(44-28)29(38)39)18-23(20)41-15-7-13-32-25(35)8-5-4-6-14-33-26(36)11-12-27(33)37/h9-12,18,21,24,28,34H,4-8,13-17,19H2,1-3H3,(H,32,35)(H,38,39). The summed E-state index contributed by atoms with van der Waals surface area (Å²) >= 11 is 0. The van der Waals surface area contributed by atoms with Crippen molar-refractivity contribution in [2.45, 2.75) is 90.8 Å². The highest BCUT2D eigenvalue weighted by Crippen LogP contribution is 2.30. The van der Waals surface area contributed by atoms with Crippen LogP contribution in [-0.4, -0.2) is 83.0 Å². The molecule has 1 fully saturated rings. The zero-order valence-corrected chi connectivity index (χ0v) is 25.4. The largest absolute Gasteiger partial charge is 0.493 e. The van der Waals surface area contributed by atoms with Crippen molar-refractivity contribution < 1.29 is 53.1 Å². The molecule has 3 rings (SSSR count). The first kappa shape index (κ1) is 34.5. The van der Waals surface area contributed by atoms with Crippen molar-refractivity contribution in [3.8, 4) is 11.5 Å². The van der Waals surface area contributed by atoms with E-state index in [0.717, 1.165) is 0 Å². The molecule has 13 heteroatoms. The first-order valence-corrected chi connectivity index (χ1v) is 14.8. The first-order chi connectivity index (χ1) is 20.8. The number of carbonyl (C=O) groups excluding carboxylic acids is 4. The van der Waals surface area contributed by atoms with Gasteiger partial charge in [-0.1, -0.05) is 6.42 Å². The highest BCUT2D eigenvalue weighted by atomic mass is 16.7. The van der Waals surface area contributed by atoms with Crippen LogP contribution in [0, 0.1) is 5.41 Å². The van der Waals surface area contributed by atoms with Crippen LogP contribution in [0.3, 0.4) is 0 Å². The number of carbonyl (C=O) groups is 5. The third-order valence-corrected chi connectivity index (χ3v) is 6.91. The van der Waals surface area contributed by atoms with Crippen molar-refractivity contribution in [1.82, 2.24) is 10.2 Å². The summed E-state index contributed by atoms with van der Waals surface area (Å²) in [7, 11) is 0. The van der Waals surface area contributed by atoms with Crippen LogP contribution in [0.25, 0.3) is 0 Å². The minimum atomic E-state index is -1.19. The van der Waals surface area contributed by atoms with Crippen LogP contribution in [-0.2, 0) is 40.1 Å². The van der Waals surface area contributed by atoms with Gasteiger partial charge in [-0.2, -0.15) is 0 Å². The number of rotatable bonds is 16. The summed E-state index contributed by atoms with van der Waals surface area (Å²) in [5.41, 5.74) is -0.105. The second-order valence-electron chi connectivity index (χ2n) is 11.8. The van der Waals surface area contributed by atoms with Gasteiger partial charge in [0, 0.05) is 56.1 Å². The Morgan fingerprint density at radius 1 is 1.05 bits per heavy atom. The third kappa shape index (κ3) is 10.9. The van der Waals surface area contributed by atoms with Crippen molar-refractivity contribution >= 4 is 29.7 Å². The number of hydrogen-bond acceptors (Lipinski definition) is 10. The van der Waals surface area contributed by atoms with Crippen molar-refractivity contribution in [2.24, 2.45) is 5.41 Å². The summed E-state index contributed by atoms with van der Waals surface area (Å²) < 4.78 is 22.7. The molecule has 1 aromatic rings. The zero-order valence-electron chi connectivity index (χ0n) is 25.4. The molecular formula is C31H42N2O11. The van der Waals surface area contributed by atoms with E-state index in [9.17, 15) is 34.2 Å². The summed E-state index contributed by atoms with van der Waals surface area (Å²) in [6.45, 7) is 6.14. The van der Waals surface area contributed by atoms with E-state index in [1.807, 2.05) is 0 Å². The number of imide groups is 1. The normalized spacial score (nSPS) is 20.0. The molecule has 0 bridgehead atoms. The number of aliphatic carboxylic acids is 1. The Balaban J connectivity index is 1.46. The van der Waals surface area contributed by atoms with Crippen LogP contribution >= 0.6 is 0 Å². The lowest BCUT2D eigenvalue weighted by atomic mass is 9.97. The molecule has 0 aliphatic carbocycles. The molecule has 2 heterocycles. The molecule has 0 aromatic heterocycles. The van der Waals surface area contributed by atoms with Crippen LogP contribution in [0.2, 0.25) is 0 Å². The average Bonchev–Trinajstić information content (AvgIpc) is 3.27. The summed E-state index contributed by atoms with van der Waals surface area (Å²) in [6, 6.07) is 4.87. The number of carboxylic acids is 1. The van der Waals surface area contributed by atoms with Crippen molar-refractivity contribution in [3.63, 3.8) is 0 Å². The van der Waals surface area contributed by atoms with Gasteiger partial charge in [-0.15, -0.1) is 0 Å². The molecule has 3 unspecified atom stereocenters. The molecule has 0 spiro atoms. The predicted octanol–water partition coefficient (Wildman–Crippen LogP) is 2.48. The maximum Gasteiger partial charge on any atom is 0.333 e.